The zero-order valence-electron chi connectivity index (χ0n) is 15.1. The van der Waals surface area contributed by atoms with Crippen molar-refractivity contribution in [2.75, 3.05) is 12.4 Å². The average Bonchev–Trinajstić information content (AvgIpc) is 2.78. The summed E-state index contributed by atoms with van der Waals surface area (Å²) in [7, 11) is -2.77. The lowest BCUT2D eigenvalue weighted by Crippen LogP contribution is -2.31. The standard InChI is InChI=1S/C17H20N2O6S/c1-9-10(2)25-11(3)16(9)17(21)19-26(22,23)13-6-7-15(24-5)14(8-13)18-12(4)20/h6-8H,1-5H3,(H,18,20)(H,19,21). The predicted octanol–water partition coefficient (Wildman–Crippen LogP) is 2.29. The van der Waals surface area contributed by atoms with Gasteiger partial charge in [-0.3, -0.25) is 9.59 Å². The second kappa shape index (κ2) is 7.20. The molecule has 0 fully saturated rings. The molecule has 140 valence electrons. The van der Waals surface area contributed by atoms with Crippen LogP contribution in [0.15, 0.2) is 27.5 Å². The topological polar surface area (TPSA) is 115 Å². The molecule has 2 amide bonds. The summed E-state index contributed by atoms with van der Waals surface area (Å²) in [6.45, 7) is 6.24. The number of nitrogens with one attached hydrogen (secondary N) is 2. The molecule has 2 aromatic rings. The SMILES string of the molecule is COc1ccc(S(=O)(=O)NC(=O)c2c(C)oc(C)c2C)cc1NC(C)=O. The van der Waals surface area contributed by atoms with Gasteiger partial charge < -0.3 is 14.5 Å². The number of carbonyl (C=O) groups is 2. The Labute approximate surface area is 151 Å². The fourth-order valence-electron chi connectivity index (χ4n) is 2.50. The first-order chi connectivity index (χ1) is 12.1. The van der Waals surface area contributed by atoms with Gasteiger partial charge in [-0.05, 0) is 39.0 Å². The molecule has 8 nitrogen and oxygen atoms in total. The molecule has 26 heavy (non-hydrogen) atoms. The highest BCUT2D eigenvalue weighted by Crippen LogP contribution is 2.28. The van der Waals surface area contributed by atoms with Crippen molar-refractivity contribution in [2.24, 2.45) is 0 Å². The number of hydrogen-bond acceptors (Lipinski definition) is 6. The Morgan fingerprint density at radius 3 is 2.27 bits per heavy atom. The monoisotopic (exact) mass is 380 g/mol. The first-order valence-corrected chi connectivity index (χ1v) is 9.14. The van der Waals surface area contributed by atoms with E-state index in [1.165, 1.54) is 32.2 Å². The van der Waals surface area contributed by atoms with Crippen molar-refractivity contribution in [1.29, 1.82) is 0 Å². The number of amides is 2. The molecule has 0 saturated carbocycles. The van der Waals surface area contributed by atoms with Crippen LogP contribution in [0.5, 0.6) is 5.75 Å². The van der Waals surface area contributed by atoms with Crippen molar-refractivity contribution in [3.05, 3.63) is 40.8 Å². The zero-order valence-corrected chi connectivity index (χ0v) is 15.9. The molecule has 1 aromatic heterocycles. The third-order valence-electron chi connectivity index (χ3n) is 3.81. The van der Waals surface area contributed by atoms with E-state index in [4.69, 9.17) is 9.15 Å². The van der Waals surface area contributed by atoms with E-state index in [1.54, 1.807) is 20.8 Å². The highest BCUT2D eigenvalue weighted by molar-refractivity contribution is 7.90. The molecule has 0 unspecified atom stereocenters. The van der Waals surface area contributed by atoms with E-state index < -0.39 is 15.9 Å². The Morgan fingerprint density at radius 2 is 1.77 bits per heavy atom. The number of aryl methyl sites for hydroxylation is 2. The van der Waals surface area contributed by atoms with Gasteiger partial charge in [0.2, 0.25) is 5.91 Å². The van der Waals surface area contributed by atoms with Crippen LogP contribution in [0, 0.1) is 20.8 Å². The molecular formula is C17H20N2O6S. The first-order valence-electron chi connectivity index (χ1n) is 7.66. The van der Waals surface area contributed by atoms with Crippen LogP contribution in [0.1, 0.15) is 34.4 Å². The number of furan rings is 1. The maximum Gasteiger partial charge on any atom is 0.268 e. The number of benzene rings is 1. The van der Waals surface area contributed by atoms with Crippen molar-refractivity contribution in [3.8, 4) is 5.75 Å². The lowest BCUT2D eigenvalue weighted by Gasteiger charge is -2.12. The van der Waals surface area contributed by atoms with Crippen LogP contribution in [-0.2, 0) is 14.8 Å². The smallest absolute Gasteiger partial charge is 0.268 e. The number of carbonyl (C=O) groups excluding carboxylic acids is 2. The van der Waals surface area contributed by atoms with Gasteiger partial charge in [-0.2, -0.15) is 0 Å². The van der Waals surface area contributed by atoms with Gasteiger partial charge in [0.1, 0.15) is 17.3 Å². The molecule has 2 N–H and O–H groups in total. The van der Waals surface area contributed by atoms with Crippen LogP contribution in [0.4, 0.5) is 5.69 Å². The van der Waals surface area contributed by atoms with Crippen LogP contribution in [0.25, 0.3) is 0 Å². The zero-order chi connectivity index (χ0) is 19.6. The van der Waals surface area contributed by atoms with Gasteiger partial charge in [0.25, 0.3) is 15.9 Å². The van der Waals surface area contributed by atoms with E-state index in [2.05, 4.69) is 5.32 Å². The van der Waals surface area contributed by atoms with Crippen molar-refractivity contribution in [3.63, 3.8) is 0 Å². The van der Waals surface area contributed by atoms with Crippen molar-refractivity contribution in [2.45, 2.75) is 32.6 Å². The summed E-state index contributed by atoms with van der Waals surface area (Å²) >= 11 is 0. The fraction of sp³-hybridized carbons (Fsp3) is 0.294. The second-order valence-corrected chi connectivity index (χ2v) is 7.37. The number of methoxy groups -OCH3 is 1. The van der Waals surface area contributed by atoms with Crippen LogP contribution in [-0.4, -0.2) is 27.3 Å². The van der Waals surface area contributed by atoms with Crippen LogP contribution in [0.2, 0.25) is 0 Å². The van der Waals surface area contributed by atoms with E-state index >= 15 is 0 Å². The third-order valence-corrected chi connectivity index (χ3v) is 5.14. The molecule has 0 saturated heterocycles. The van der Waals surface area contributed by atoms with Gasteiger partial charge in [-0.1, -0.05) is 0 Å². The molecule has 0 aliphatic heterocycles. The summed E-state index contributed by atoms with van der Waals surface area (Å²) in [6.07, 6.45) is 0. The van der Waals surface area contributed by atoms with Gasteiger partial charge >= 0.3 is 0 Å². The van der Waals surface area contributed by atoms with Gasteiger partial charge in [0.15, 0.2) is 0 Å². The fourth-order valence-corrected chi connectivity index (χ4v) is 3.49. The quantitative estimate of drug-likeness (QED) is 0.822. The molecule has 0 radical (unpaired) electrons. The summed E-state index contributed by atoms with van der Waals surface area (Å²) in [4.78, 5) is 23.5. The predicted molar refractivity (Wildman–Crippen MR) is 94.9 cm³/mol. The molecule has 0 bridgehead atoms. The Morgan fingerprint density at radius 1 is 1.12 bits per heavy atom. The molecule has 1 heterocycles. The molecule has 9 heteroatoms. The summed E-state index contributed by atoms with van der Waals surface area (Å²) < 4.78 is 37.6. The third kappa shape index (κ3) is 3.88. The Bertz CT molecular complexity index is 975. The van der Waals surface area contributed by atoms with Gasteiger partial charge in [-0.15, -0.1) is 0 Å². The number of hydrogen-bond donors (Lipinski definition) is 2. The second-order valence-electron chi connectivity index (χ2n) is 5.69. The molecule has 0 aliphatic rings. The molecular weight excluding hydrogens is 360 g/mol. The highest BCUT2D eigenvalue weighted by Gasteiger charge is 2.25. The van der Waals surface area contributed by atoms with E-state index in [0.29, 0.717) is 22.8 Å². The maximum atomic E-state index is 12.6. The minimum Gasteiger partial charge on any atom is -0.495 e. The van der Waals surface area contributed by atoms with E-state index in [9.17, 15) is 18.0 Å². The molecule has 1 aromatic carbocycles. The lowest BCUT2D eigenvalue weighted by molar-refractivity contribution is -0.114. The minimum atomic E-state index is -4.16. The largest absolute Gasteiger partial charge is 0.495 e. The Hall–Kier alpha value is -2.81. The highest BCUT2D eigenvalue weighted by atomic mass is 32.2. The van der Waals surface area contributed by atoms with Crippen molar-refractivity contribution in [1.82, 2.24) is 4.72 Å². The van der Waals surface area contributed by atoms with E-state index in [1.807, 2.05) is 4.72 Å². The molecule has 0 aliphatic carbocycles. The van der Waals surface area contributed by atoms with Crippen molar-refractivity contribution >= 4 is 27.5 Å². The lowest BCUT2D eigenvalue weighted by atomic mass is 10.1. The maximum absolute atomic E-state index is 12.6. The van der Waals surface area contributed by atoms with Crippen LogP contribution < -0.4 is 14.8 Å². The first kappa shape index (κ1) is 19.5. The van der Waals surface area contributed by atoms with Crippen LogP contribution in [0.3, 0.4) is 0 Å². The number of anilines is 1. The minimum absolute atomic E-state index is 0.182. The normalized spacial score (nSPS) is 11.1. The van der Waals surface area contributed by atoms with Crippen molar-refractivity contribution < 1.29 is 27.2 Å². The molecule has 0 spiro atoms. The Balaban J connectivity index is 2.38. The average molecular weight is 380 g/mol. The molecule has 2 rings (SSSR count). The van der Waals surface area contributed by atoms with Gasteiger partial charge in [-0.25, -0.2) is 13.1 Å². The summed E-state index contributed by atoms with van der Waals surface area (Å²) in [6, 6.07) is 3.89. The summed E-state index contributed by atoms with van der Waals surface area (Å²) in [5.74, 6) is 0.00202. The Kier molecular flexibility index (Phi) is 5.41. The number of rotatable bonds is 5. The van der Waals surface area contributed by atoms with Gasteiger partial charge in [0.05, 0.1) is 23.3 Å². The summed E-state index contributed by atoms with van der Waals surface area (Å²) in [5.41, 5.74) is 0.937. The molecule has 0 atom stereocenters. The summed E-state index contributed by atoms with van der Waals surface area (Å²) in [5, 5.41) is 2.49. The van der Waals surface area contributed by atoms with E-state index in [-0.39, 0.29) is 22.1 Å². The van der Waals surface area contributed by atoms with E-state index in [0.717, 1.165) is 0 Å². The number of sulfonamides is 1. The van der Waals surface area contributed by atoms with Crippen LogP contribution >= 0.6 is 0 Å². The van der Waals surface area contributed by atoms with Gasteiger partial charge in [0, 0.05) is 12.5 Å². The number of ether oxygens (including phenoxy) is 1.